The summed E-state index contributed by atoms with van der Waals surface area (Å²) in [5.41, 5.74) is 5.13. The van der Waals surface area contributed by atoms with Gasteiger partial charge in [0.15, 0.2) is 6.10 Å². The first-order valence-corrected chi connectivity index (χ1v) is 10.4. The Balaban J connectivity index is 1.69. The monoisotopic (exact) mass is 392 g/mol. The van der Waals surface area contributed by atoms with E-state index in [0.717, 1.165) is 33.3 Å². The van der Waals surface area contributed by atoms with Crippen LogP contribution in [0.15, 0.2) is 47.8 Å². The Bertz CT molecular complexity index is 1010. The second-order valence-corrected chi connectivity index (χ2v) is 8.58. The Morgan fingerprint density at radius 2 is 1.93 bits per heavy atom. The number of carbonyl (C=O) groups excluding carboxylic acids is 1. The summed E-state index contributed by atoms with van der Waals surface area (Å²) in [5.74, 6) is 1.21. The Kier molecular flexibility index (Phi) is 4.94. The number of carbonyl (C=O) groups is 1. The number of benzene rings is 2. The molecule has 1 atom stereocenters. The fourth-order valence-corrected chi connectivity index (χ4v) is 4.04. The lowest BCUT2D eigenvalue weighted by Crippen LogP contribution is -2.44. The maximum atomic E-state index is 12.9. The van der Waals surface area contributed by atoms with Gasteiger partial charge in [-0.25, -0.2) is 4.98 Å². The van der Waals surface area contributed by atoms with Crippen molar-refractivity contribution in [2.75, 3.05) is 4.90 Å². The molecule has 0 fully saturated rings. The number of aryl methyl sites for hydroxylation is 1. The number of hydrogen-bond donors (Lipinski definition) is 0. The zero-order chi connectivity index (χ0) is 19.8. The van der Waals surface area contributed by atoms with E-state index in [1.54, 1.807) is 18.3 Å². The number of thiazole rings is 1. The van der Waals surface area contributed by atoms with Crippen LogP contribution in [0.25, 0.3) is 11.3 Å². The average Bonchev–Trinajstić information content (AvgIpc) is 3.12. The first-order valence-electron chi connectivity index (χ1n) is 9.56. The van der Waals surface area contributed by atoms with Crippen molar-refractivity contribution in [3.05, 3.63) is 64.0 Å². The van der Waals surface area contributed by atoms with E-state index in [1.165, 1.54) is 5.56 Å². The van der Waals surface area contributed by atoms with Crippen molar-refractivity contribution in [3.63, 3.8) is 0 Å². The van der Waals surface area contributed by atoms with Crippen molar-refractivity contribution in [2.24, 2.45) is 0 Å². The number of ether oxygens (including phenoxy) is 1. The molecular weight excluding hydrogens is 368 g/mol. The van der Waals surface area contributed by atoms with Gasteiger partial charge in [0, 0.05) is 10.9 Å². The van der Waals surface area contributed by atoms with Crippen molar-refractivity contribution in [3.8, 4) is 17.0 Å². The van der Waals surface area contributed by atoms with Crippen LogP contribution in [-0.2, 0) is 11.3 Å². The van der Waals surface area contributed by atoms with Gasteiger partial charge in [0.05, 0.1) is 22.9 Å². The Morgan fingerprint density at radius 3 is 2.57 bits per heavy atom. The normalized spacial score (nSPS) is 16.2. The van der Waals surface area contributed by atoms with Crippen molar-refractivity contribution in [1.29, 1.82) is 0 Å². The predicted octanol–water partition coefficient (Wildman–Crippen LogP) is 5.56. The number of fused-ring (bicyclic) bond motifs is 1. The standard InChI is InChI=1S/C23H24N2O2S/c1-14(2)18-7-5-17(6-8-18)12-25-21-11-19(20-13-28-16(4)24-20)9-10-22(21)27-15(3)23(25)26/h5-11,13-15H,12H2,1-4H3. The van der Waals surface area contributed by atoms with Crippen LogP contribution in [0.5, 0.6) is 5.75 Å². The van der Waals surface area contributed by atoms with E-state index in [4.69, 9.17) is 4.74 Å². The summed E-state index contributed by atoms with van der Waals surface area (Å²) in [6.45, 7) is 8.68. The van der Waals surface area contributed by atoms with Crippen LogP contribution in [0.1, 0.15) is 42.8 Å². The highest BCUT2D eigenvalue weighted by molar-refractivity contribution is 7.09. The largest absolute Gasteiger partial charge is 0.479 e. The summed E-state index contributed by atoms with van der Waals surface area (Å²) in [4.78, 5) is 19.3. The van der Waals surface area contributed by atoms with E-state index >= 15 is 0 Å². The zero-order valence-corrected chi connectivity index (χ0v) is 17.4. The third kappa shape index (κ3) is 3.54. The van der Waals surface area contributed by atoms with Gasteiger partial charge in [-0.1, -0.05) is 38.1 Å². The Labute approximate surface area is 169 Å². The third-order valence-electron chi connectivity index (χ3n) is 5.07. The molecule has 2 heterocycles. The van der Waals surface area contributed by atoms with E-state index in [9.17, 15) is 4.79 Å². The second-order valence-electron chi connectivity index (χ2n) is 7.52. The van der Waals surface area contributed by atoms with Gasteiger partial charge in [-0.05, 0) is 49.1 Å². The topological polar surface area (TPSA) is 42.4 Å². The molecule has 0 radical (unpaired) electrons. The van der Waals surface area contributed by atoms with Gasteiger partial charge in [-0.2, -0.15) is 0 Å². The maximum absolute atomic E-state index is 12.9. The molecule has 1 aliphatic heterocycles. The van der Waals surface area contributed by atoms with Crippen LogP contribution in [0.3, 0.4) is 0 Å². The highest BCUT2D eigenvalue weighted by atomic mass is 32.1. The van der Waals surface area contributed by atoms with Crippen LogP contribution < -0.4 is 9.64 Å². The molecule has 0 spiro atoms. The van der Waals surface area contributed by atoms with Gasteiger partial charge in [0.2, 0.25) is 0 Å². The van der Waals surface area contributed by atoms with Gasteiger partial charge in [-0.3, -0.25) is 4.79 Å². The molecule has 1 aromatic heterocycles. The van der Waals surface area contributed by atoms with Crippen LogP contribution in [0, 0.1) is 6.92 Å². The number of anilines is 1. The molecule has 1 amide bonds. The molecule has 1 aliphatic rings. The highest BCUT2D eigenvalue weighted by Gasteiger charge is 2.32. The number of nitrogens with zero attached hydrogens (tertiary/aromatic N) is 2. The minimum Gasteiger partial charge on any atom is -0.479 e. The van der Waals surface area contributed by atoms with Crippen molar-refractivity contribution in [2.45, 2.75) is 46.3 Å². The SMILES string of the molecule is Cc1nc(-c2ccc3c(c2)N(Cc2ccc(C(C)C)cc2)C(=O)C(C)O3)cs1. The highest BCUT2D eigenvalue weighted by Crippen LogP contribution is 2.38. The molecule has 144 valence electrons. The quantitative estimate of drug-likeness (QED) is 0.584. The predicted molar refractivity (Wildman–Crippen MR) is 114 cm³/mol. The van der Waals surface area contributed by atoms with E-state index in [0.29, 0.717) is 12.5 Å². The lowest BCUT2D eigenvalue weighted by molar-refractivity contribution is -0.125. The van der Waals surface area contributed by atoms with Crippen molar-refractivity contribution < 1.29 is 9.53 Å². The van der Waals surface area contributed by atoms with Crippen LogP contribution in [0.4, 0.5) is 5.69 Å². The summed E-state index contributed by atoms with van der Waals surface area (Å²) in [5, 5.41) is 3.07. The van der Waals surface area contributed by atoms with Crippen LogP contribution in [-0.4, -0.2) is 17.0 Å². The van der Waals surface area contributed by atoms with E-state index in [1.807, 2.05) is 35.4 Å². The molecule has 0 saturated carbocycles. The zero-order valence-electron chi connectivity index (χ0n) is 16.6. The van der Waals surface area contributed by atoms with Gasteiger partial charge < -0.3 is 9.64 Å². The summed E-state index contributed by atoms with van der Waals surface area (Å²) >= 11 is 1.62. The van der Waals surface area contributed by atoms with Crippen molar-refractivity contribution >= 4 is 22.9 Å². The van der Waals surface area contributed by atoms with Crippen LogP contribution in [0.2, 0.25) is 0 Å². The fourth-order valence-electron chi connectivity index (χ4n) is 3.42. The lowest BCUT2D eigenvalue weighted by Gasteiger charge is -2.33. The van der Waals surface area contributed by atoms with Gasteiger partial charge in [0.25, 0.3) is 5.91 Å². The second kappa shape index (κ2) is 7.40. The number of rotatable bonds is 4. The van der Waals surface area contributed by atoms with Crippen LogP contribution >= 0.6 is 11.3 Å². The minimum absolute atomic E-state index is 0.0213. The molecule has 0 aliphatic carbocycles. The Hall–Kier alpha value is -2.66. The molecule has 5 heteroatoms. The summed E-state index contributed by atoms with van der Waals surface area (Å²) < 4.78 is 5.85. The molecule has 4 nitrogen and oxygen atoms in total. The first kappa shape index (κ1) is 18.7. The third-order valence-corrected chi connectivity index (χ3v) is 5.84. The molecule has 2 aromatic carbocycles. The minimum atomic E-state index is -0.491. The summed E-state index contributed by atoms with van der Waals surface area (Å²) in [6, 6.07) is 14.5. The molecule has 4 rings (SSSR count). The van der Waals surface area contributed by atoms with E-state index in [-0.39, 0.29) is 5.91 Å². The lowest BCUT2D eigenvalue weighted by atomic mass is 10.0. The van der Waals surface area contributed by atoms with E-state index in [2.05, 4.69) is 43.1 Å². The molecule has 3 aromatic rings. The molecule has 28 heavy (non-hydrogen) atoms. The number of amides is 1. The summed E-state index contributed by atoms with van der Waals surface area (Å²) in [7, 11) is 0. The van der Waals surface area contributed by atoms with Crippen molar-refractivity contribution in [1.82, 2.24) is 4.98 Å². The molecule has 0 bridgehead atoms. The average molecular weight is 393 g/mol. The number of hydrogen-bond acceptors (Lipinski definition) is 4. The maximum Gasteiger partial charge on any atom is 0.268 e. The van der Waals surface area contributed by atoms with Gasteiger partial charge in [0.1, 0.15) is 5.75 Å². The summed E-state index contributed by atoms with van der Waals surface area (Å²) in [6.07, 6.45) is -0.491. The number of aromatic nitrogens is 1. The molecule has 0 saturated heterocycles. The first-order chi connectivity index (χ1) is 13.4. The molecule has 0 N–H and O–H groups in total. The van der Waals surface area contributed by atoms with Gasteiger partial charge in [-0.15, -0.1) is 11.3 Å². The Morgan fingerprint density at radius 1 is 1.18 bits per heavy atom. The molecular formula is C23H24N2O2S. The fraction of sp³-hybridized carbons (Fsp3) is 0.304. The molecule has 1 unspecified atom stereocenters. The van der Waals surface area contributed by atoms with Gasteiger partial charge >= 0.3 is 0 Å². The van der Waals surface area contributed by atoms with E-state index < -0.39 is 6.10 Å². The smallest absolute Gasteiger partial charge is 0.268 e.